The van der Waals surface area contributed by atoms with E-state index in [0.29, 0.717) is 18.7 Å². The summed E-state index contributed by atoms with van der Waals surface area (Å²) in [5.74, 6) is -0.233. The maximum absolute atomic E-state index is 12.6. The Bertz CT molecular complexity index is 982. The smallest absolute Gasteiger partial charge is 0.271 e. The van der Waals surface area contributed by atoms with Gasteiger partial charge in [0, 0.05) is 32.4 Å². The molecule has 2 N–H and O–H groups in total. The lowest BCUT2D eigenvalue weighted by Crippen LogP contribution is -2.42. The van der Waals surface area contributed by atoms with Gasteiger partial charge in [-0.2, -0.15) is 0 Å². The van der Waals surface area contributed by atoms with Crippen LogP contribution in [-0.4, -0.2) is 51.0 Å². The van der Waals surface area contributed by atoms with Crippen LogP contribution in [0.2, 0.25) is 0 Å². The van der Waals surface area contributed by atoms with E-state index in [2.05, 4.69) is 39.5 Å². The maximum atomic E-state index is 12.6. The molecule has 4 rings (SSSR count). The number of β-amino-alcohol motifs (C(OH)–C–C–N with tert-alkyl or cyclic N) is 1. The van der Waals surface area contributed by atoms with Gasteiger partial charge in [0.15, 0.2) is 0 Å². The molecule has 1 amide bonds. The number of amides is 1. The highest BCUT2D eigenvalue weighted by atomic mass is 16.3. The van der Waals surface area contributed by atoms with Crippen molar-refractivity contribution in [3.63, 3.8) is 0 Å². The van der Waals surface area contributed by atoms with Crippen LogP contribution < -0.4 is 5.32 Å². The predicted molar refractivity (Wildman–Crippen MR) is 108 cm³/mol. The molecule has 6 heteroatoms. The Morgan fingerprint density at radius 3 is 2.82 bits per heavy atom. The van der Waals surface area contributed by atoms with Gasteiger partial charge in [-0.15, -0.1) is 0 Å². The number of rotatable bonds is 6. The first-order valence-electron chi connectivity index (χ1n) is 9.87. The number of fused-ring (bicyclic) bond motifs is 2. The third kappa shape index (κ3) is 3.79. The van der Waals surface area contributed by atoms with Crippen LogP contribution in [0.5, 0.6) is 0 Å². The van der Waals surface area contributed by atoms with E-state index in [9.17, 15) is 9.90 Å². The molecule has 28 heavy (non-hydrogen) atoms. The Balaban J connectivity index is 1.35. The van der Waals surface area contributed by atoms with E-state index in [1.54, 1.807) is 0 Å². The minimum Gasteiger partial charge on any atom is -0.390 e. The summed E-state index contributed by atoms with van der Waals surface area (Å²) in [5.41, 5.74) is 4.79. The first kappa shape index (κ1) is 18.7. The number of benzene rings is 1. The molecule has 6 nitrogen and oxygen atoms in total. The molecular weight excluding hydrogens is 352 g/mol. The molecule has 1 aliphatic heterocycles. The predicted octanol–water partition coefficient (Wildman–Crippen LogP) is 2.05. The Morgan fingerprint density at radius 1 is 1.21 bits per heavy atom. The molecule has 1 unspecified atom stereocenters. The van der Waals surface area contributed by atoms with Crippen LogP contribution in [0, 0.1) is 0 Å². The fraction of sp³-hybridized carbons (Fsp3) is 0.364. The van der Waals surface area contributed by atoms with Crippen LogP contribution in [0.25, 0.3) is 5.65 Å². The molecule has 1 atom stereocenters. The zero-order valence-electron chi connectivity index (χ0n) is 16.1. The molecule has 2 aromatic heterocycles. The Kier molecular flexibility index (Phi) is 5.41. The summed E-state index contributed by atoms with van der Waals surface area (Å²) in [6.45, 7) is 4.53. The Morgan fingerprint density at radius 2 is 2.00 bits per heavy atom. The van der Waals surface area contributed by atoms with Crippen molar-refractivity contribution >= 4 is 11.6 Å². The van der Waals surface area contributed by atoms with E-state index in [1.807, 2.05) is 35.7 Å². The average molecular weight is 378 g/mol. The highest BCUT2D eigenvalue weighted by Crippen LogP contribution is 2.18. The SMILES string of the molecule is CCc1c(C(=O)NCC(O)CN2CCc3ccccc3C2)nc2ccccn12. The van der Waals surface area contributed by atoms with Gasteiger partial charge in [0.1, 0.15) is 11.3 Å². The van der Waals surface area contributed by atoms with E-state index in [4.69, 9.17) is 0 Å². The zero-order valence-corrected chi connectivity index (χ0v) is 16.1. The molecule has 3 heterocycles. The quantitative estimate of drug-likeness (QED) is 0.689. The number of imidazole rings is 1. The van der Waals surface area contributed by atoms with Gasteiger partial charge in [-0.05, 0) is 36.1 Å². The number of aliphatic hydroxyl groups excluding tert-OH is 1. The minimum atomic E-state index is -0.615. The summed E-state index contributed by atoms with van der Waals surface area (Å²) in [5, 5.41) is 13.3. The standard InChI is InChI=1S/C22H26N4O2/c1-2-19-21(24-20-9-5-6-11-26(19)20)22(28)23-13-18(27)15-25-12-10-16-7-3-4-8-17(16)14-25/h3-9,11,18,27H,2,10,12-15H2,1H3,(H,23,28). The van der Waals surface area contributed by atoms with Crippen molar-refractivity contribution in [1.29, 1.82) is 0 Å². The van der Waals surface area contributed by atoms with Gasteiger partial charge in [0.05, 0.1) is 11.8 Å². The molecule has 146 valence electrons. The van der Waals surface area contributed by atoms with E-state index in [0.717, 1.165) is 30.9 Å². The van der Waals surface area contributed by atoms with Gasteiger partial charge < -0.3 is 14.8 Å². The van der Waals surface area contributed by atoms with Crippen LogP contribution >= 0.6 is 0 Å². The normalized spacial score (nSPS) is 15.4. The molecule has 3 aromatic rings. The lowest BCUT2D eigenvalue weighted by atomic mass is 10.00. The molecule has 1 aliphatic rings. The topological polar surface area (TPSA) is 69.9 Å². The summed E-state index contributed by atoms with van der Waals surface area (Å²) >= 11 is 0. The number of carbonyl (C=O) groups is 1. The van der Waals surface area contributed by atoms with Crippen molar-refractivity contribution in [3.8, 4) is 0 Å². The summed E-state index contributed by atoms with van der Waals surface area (Å²) in [6.07, 6.45) is 3.01. The lowest BCUT2D eigenvalue weighted by Gasteiger charge is -2.30. The highest BCUT2D eigenvalue weighted by Gasteiger charge is 2.21. The van der Waals surface area contributed by atoms with Crippen molar-refractivity contribution in [2.45, 2.75) is 32.4 Å². The van der Waals surface area contributed by atoms with Crippen molar-refractivity contribution in [2.24, 2.45) is 0 Å². The molecule has 0 aliphatic carbocycles. The van der Waals surface area contributed by atoms with Crippen molar-refractivity contribution in [3.05, 3.63) is 71.2 Å². The summed E-state index contributed by atoms with van der Waals surface area (Å²) in [7, 11) is 0. The fourth-order valence-corrected chi connectivity index (χ4v) is 3.93. The minimum absolute atomic E-state index is 0.216. The van der Waals surface area contributed by atoms with Gasteiger partial charge >= 0.3 is 0 Å². The van der Waals surface area contributed by atoms with Crippen LogP contribution in [0.3, 0.4) is 0 Å². The first-order valence-corrected chi connectivity index (χ1v) is 9.87. The van der Waals surface area contributed by atoms with E-state index in [1.165, 1.54) is 11.1 Å². The van der Waals surface area contributed by atoms with Gasteiger partial charge in [-0.25, -0.2) is 4.98 Å². The van der Waals surface area contributed by atoms with Gasteiger partial charge in [0.2, 0.25) is 0 Å². The number of nitrogens with one attached hydrogen (secondary N) is 1. The third-order valence-corrected chi connectivity index (χ3v) is 5.36. The van der Waals surface area contributed by atoms with Crippen molar-refractivity contribution < 1.29 is 9.90 Å². The first-order chi connectivity index (χ1) is 13.7. The summed E-state index contributed by atoms with van der Waals surface area (Å²) in [6, 6.07) is 14.2. The Hall–Kier alpha value is -2.70. The summed E-state index contributed by atoms with van der Waals surface area (Å²) < 4.78 is 1.94. The largest absolute Gasteiger partial charge is 0.390 e. The van der Waals surface area contributed by atoms with Crippen molar-refractivity contribution in [1.82, 2.24) is 19.6 Å². The molecule has 1 aromatic carbocycles. The number of aliphatic hydroxyl groups is 1. The number of nitrogens with zero attached hydrogens (tertiary/aromatic N) is 3. The number of carbonyl (C=O) groups excluding carboxylic acids is 1. The second-order valence-electron chi connectivity index (χ2n) is 7.31. The van der Waals surface area contributed by atoms with Crippen LogP contribution in [-0.2, 0) is 19.4 Å². The van der Waals surface area contributed by atoms with Crippen LogP contribution in [0.4, 0.5) is 0 Å². The number of hydrogen-bond acceptors (Lipinski definition) is 4. The molecule has 0 bridgehead atoms. The second-order valence-corrected chi connectivity index (χ2v) is 7.31. The molecule has 0 saturated carbocycles. The second kappa shape index (κ2) is 8.12. The average Bonchev–Trinajstić information content (AvgIpc) is 3.10. The van der Waals surface area contributed by atoms with E-state index < -0.39 is 6.10 Å². The number of aryl methyl sites for hydroxylation is 1. The lowest BCUT2D eigenvalue weighted by molar-refractivity contribution is 0.0837. The molecule has 0 saturated heterocycles. The molecule has 0 radical (unpaired) electrons. The van der Waals surface area contributed by atoms with Gasteiger partial charge in [-0.3, -0.25) is 9.69 Å². The van der Waals surface area contributed by atoms with E-state index in [-0.39, 0.29) is 12.5 Å². The van der Waals surface area contributed by atoms with Crippen LogP contribution in [0.1, 0.15) is 34.2 Å². The molecular formula is C22H26N4O2. The monoisotopic (exact) mass is 378 g/mol. The summed E-state index contributed by atoms with van der Waals surface area (Å²) in [4.78, 5) is 19.3. The van der Waals surface area contributed by atoms with Gasteiger partial charge in [0.25, 0.3) is 5.91 Å². The van der Waals surface area contributed by atoms with Crippen molar-refractivity contribution in [2.75, 3.05) is 19.6 Å². The highest BCUT2D eigenvalue weighted by molar-refractivity contribution is 5.94. The third-order valence-electron chi connectivity index (χ3n) is 5.36. The molecule has 0 fully saturated rings. The van der Waals surface area contributed by atoms with E-state index >= 15 is 0 Å². The number of hydrogen-bond donors (Lipinski definition) is 2. The van der Waals surface area contributed by atoms with Gasteiger partial charge in [-0.1, -0.05) is 37.3 Å². The fourth-order valence-electron chi connectivity index (χ4n) is 3.93. The molecule has 0 spiro atoms. The zero-order chi connectivity index (χ0) is 19.5. The number of pyridine rings is 1. The number of aromatic nitrogens is 2. The van der Waals surface area contributed by atoms with Crippen LogP contribution in [0.15, 0.2) is 48.7 Å². The maximum Gasteiger partial charge on any atom is 0.271 e. The Labute approximate surface area is 164 Å².